The first-order valence-electron chi connectivity index (χ1n) is 26.2. The second-order valence-corrected chi connectivity index (χ2v) is 20.5. The van der Waals surface area contributed by atoms with Crippen LogP contribution in [0.2, 0.25) is 0 Å². The maximum absolute atomic E-state index is 15.2. The van der Waals surface area contributed by atoms with Gasteiger partial charge in [0.15, 0.2) is 0 Å². The lowest BCUT2D eigenvalue weighted by Crippen LogP contribution is -2.54. The van der Waals surface area contributed by atoms with Gasteiger partial charge in [-0.1, -0.05) is 0 Å². The summed E-state index contributed by atoms with van der Waals surface area (Å²) in [6.07, 6.45) is 15.8. The van der Waals surface area contributed by atoms with Crippen molar-refractivity contribution in [3.63, 3.8) is 0 Å². The van der Waals surface area contributed by atoms with Gasteiger partial charge in [-0.3, -0.25) is 39.0 Å². The number of hydrogen-bond acceptors (Lipinski definition) is 15. The van der Waals surface area contributed by atoms with Crippen molar-refractivity contribution in [2.24, 2.45) is 24.8 Å². The molecule has 2 aliphatic carbocycles. The number of hydrogen-bond donors (Lipinski definition) is 4. The van der Waals surface area contributed by atoms with Crippen LogP contribution in [0.4, 0.5) is 33.2 Å². The maximum atomic E-state index is 15.2. The zero-order chi connectivity index (χ0) is 49.4. The minimum absolute atomic E-state index is 0.00479. The van der Waals surface area contributed by atoms with Gasteiger partial charge in [-0.2, -0.15) is 10.1 Å². The lowest BCUT2D eigenvalue weighted by Gasteiger charge is -2.43. The van der Waals surface area contributed by atoms with Crippen molar-refractivity contribution in [2.45, 2.75) is 109 Å². The summed E-state index contributed by atoms with van der Waals surface area (Å²) >= 11 is 0. The van der Waals surface area contributed by atoms with E-state index in [9.17, 15) is 24.0 Å². The Balaban J connectivity index is 0.641. The zero-order valence-corrected chi connectivity index (χ0v) is 41.5. The lowest BCUT2D eigenvalue weighted by atomic mass is 9.80. The molecule has 9 rings (SSSR count). The molecule has 2 saturated carbocycles. The third-order valence-corrected chi connectivity index (χ3v) is 15.9. The van der Waals surface area contributed by atoms with Crippen molar-refractivity contribution in [2.75, 3.05) is 99.4 Å². The van der Waals surface area contributed by atoms with E-state index >= 15 is 4.39 Å². The molecule has 6 aliphatic rings. The number of carbonyl (C=O) groups excluding carboxylic acids is 5. The third-order valence-electron chi connectivity index (χ3n) is 15.9. The Morgan fingerprint density at radius 1 is 0.789 bits per heavy atom. The van der Waals surface area contributed by atoms with Gasteiger partial charge < -0.3 is 35.4 Å². The van der Waals surface area contributed by atoms with E-state index in [-0.39, 0.29) is 60.4 Å². The van der Waals surface area contributed by atoms with E-state index in [1.165, 1.54) is 12.3 Å². The fourth-order valence-corrected chi connectivity index (χ4v) is 11.6. The van der Waals surface area contributed by atoms with Crippen molar-refractivity contribution in [3.8, 4) is 0 Å². The first-order valence-corrected chi connectivity index (χ1v) is 26.2. The largest absolute Gasteiger partial charge is 0.462 e. The van der Waals surface area contributed by atoms with Crippen LogP contribution < -0.4 is 26.2 Å². The number of aryl methyl sites for hydroxylation is 1. The number of piperidine rings is 2. The quantitative estimate of drug-likeness (QED) is 0.121. The molecule has 4 amide bonds. The van der Waals surface area contributed by atoms with E-state index < -0.39 is 12.0 Å². The molecule has 384 valence electrons. The number of amides is 4. The van der Waals surface area contributed by atoms with Crippen molar-refractivity contribution in [1.82, 2.24) is 44.7 Å². The fraction of sp³-hybridized carbons (Fsp3) is 0.647. The number of nitrogens with one attached hydrogen (secondary N) is 4. The Morgan fingerprint density at radius 2 is 1.48 bits per heavy atom. The van der Waals surface area contributed by atoms with Crippen LogP contribution in [0.5, 0.6) is 0 Å². The van der Waals surface area contributed by atoms with Gasteiger partial charge in [0, 0.05) is 121 Å². The summed E-state index contributed by atoms with van der Waals surface area (Å²) < 4.78 is 22.2. The minimum atomic E-state index is -0.554. The van der Waals surface area contributed by atoms with E-state index in [0.29, 0.717) is 47.1 Å². The zero-order valence-electron chi connectivity index (χ0n) is 41.5. The van der Waals surface area contributed by atoms with Gasteiger partial charge in [-0.25, -0.2) is 14.2 Å². The number of anilines is 5. The Hall–Kier alpha value is -5.89. The molecule has 4 N–H and O–H groups in total. The number of nitrogens with zero attached hydrogens (tertiary/aromatic N) is 9. The Bertz CT molecular complexity index is 2350. The SMILES string of the molecule is CCOC(=O)c1cnc(Nc2cnn(C)c2)nc1NC1CCC(N2CCN(C(=O)C3CCC(C(=O)N4CCC(CCN5CCN(c6ccc(NC7CCC(=O)NC7=O)cc6F)CC5)CC4)CC3)CC2)CC1. The molecule has 0 spiro atoms. The predicted molar refractivity (Wildman–Crippen MR) is 267 cm³/mol. The van der Waals surface area contributed by atoms with E-state index in [1.807, 2.05) is 13.2 Å². The molecule has 3 aromatic rings. The van der Waals surface area contributed by atoms with Crippen molar-refractivity contribution in [1.29, 1.82) is 0 Å². The highest BCUT2D eigenvalue weighted by Crippen LogP contribution is 2.34. The van der Waals surface area contributed by atoms with Crippen molar-refractivity contribution < 1.29 is 33.1 Å². The lowest BCUT2D eigenvalue weighted by molar-refractivity contribution is -0.143. The molecule has 19 nitrogen and oxygen atoms in total. The molecule has 0 radical (unpaired) electrons. The van der Waals surface area contributed by atoms with E-state index in [0.717, 1.165) is 148 Å². The number of piperazine rings is 2. The molecular formula is C51H72FN13O6. The average Bonchev–Trinajstić information content (AvgIpc) is 3.80. The average molecular weight is 982 g/mol. The standard InChI is InChI=1S/C51H72FN13O6/c1-3-71-50(70)41-32-53-51(57-39-31-54-60(2)33-39)59-46(41)56-37-8-11-40(12-9-37)62-26-28-65(29-27-62)49(69)36-6-4-35(5-7-36)48(68)64-20-17-34(18-21-64)16-19-61-22-24-63(25-23-61)44-14-10-38(30-42(44)52)55-43-13-15-45(66)58-47(43)67/h10,14,30-37,40,43,55H,3-9,11-13,15-29H2,1-2H3,(H,58,66,67)(H2,53,56,57,59). The maximum Gasteiger partial charge on any atom is 0.343 e. The second-order valence-electron chi connectivity index (χ2n) is 20.5. The van der Waals surface area contributed by atoms with Crippen LogP contribution in [0.15, 0.2) is 36.8 Å². The smallest absolute Gasteiger partial charge is 0.343 e. The summed E-state index contributed by atoms with van der Waals surface area (Å²) in [4.78, 5) is 84.2. The summed E-state index contributed by atoms with van der Waals surface area (Å²) in [5, 5.41) is 16.3. The molecule has 1 atom stereocenters. The fourth-order valence-electron chi connectivity index (χ4n) is 11.6. The molecule has 4 saturated heterocycles. The van der Waals surface area contributed by atoms with E-state index in [2.05, 4.69) is 60.8 Å². The number of aromatic nitrogens is 4. The first-order chi connectivity index (χ1) is 34.5. The topological polar surface area (TPSA) is 202 Å². The number of carbonyl (C=O) groups is 5. The number of benzene rings is 1. The molecule has 2 aromatic heterocycles. The van der Waals surface area contributed by atoms with Gasteiger partial charge in [-0.15, -0.1) is 0 Å². The predicted octanol–water partition coefficient (Wildman–Crippen LogP) is 4.61. The van der Waals surface area contributed by atoms with Crippen LogP contribution in [0.25, 0.3) is 0 Å². The molecule has 1 unspecified atom stereocenters. The summed E-state index contributed by atoms with van der Waals surface area (Å²) in [6.45, 7) is 11.0. The summed E-state index contributed by atoms with van der Waals surface area (Å²) in [6, 6.07) is 5.04. The highest BCUT2D eigenvalue weighted by molar-refractivity contribution is 6.01. The minimum Gasteiger partial charge on any atom is -0.462 e. The number of likely N-dealkylation sites (tertiary alicyclic amines) is 1. The van der Waals surface area contributed by atoms with Gasteiger partial charge >= 0.3 is 5.97 Å². The van der Waals surface area contributed by atoms with Crippen LogP contribution in [-0.2, 0) is 31.0 Å². The Morgan fingerprint density at radius 3 is 2.11 bits per heavy atom. The monoisotopic (exact) mass is 982 g/mol. The van der Waals surface area contributed by atoms with Gasteiger partial charge in [0.05, 0.1) is 24.2 Å². The van der Waals surface area contributed by atoms with Gasteiger partial charge in [-0.05, 0) is 115 Å². The number of halogens is 1. The van der Waals surface area contributed by atoms with Gasteiger partial charge in [0.2, 0.25) is 29.6 Å². The Labute approximate surface area is 416 Å². The van der Waals surface area contributed by atoms with Crippen LogP contribution >= 0.6 is 0 Å². The van der Waals surface area contributed by atoms with Crippen molar-refractivity contribution in [3.05, 3.63) is 48.2 Å². The van der Waals surface area contributed by atoms with Gasteiger partial charge in [0.25, 0.3) is 0 Å². The molecule has 20 heteroatoms. The van der Waals surface area contributed by atoms with Crippen LogP contribution in [-0.4, -0.2) is 166 Å². The van der Waals surface area contributed by atoms with Gasteiger partial charge in [0.1, 0.15) is 23.2 Å². The molecule has 0 bridgehead atoms. The molecule has 6 fully saturated rings. The second kappa shape index (κ2) is 23.1. The Kier molecular flexibility index (Phi) is 16.3. The van der Waals surface area contributed by atoms with Crippen LogP contribution in [0.3, 0.4) is 0 Å². The van der Waals surface area contributed by atoms with E-state index in [4.69, 9.17) is 4.74 Å². The third kappa shape index (κ3) is 12.6. The molecule has 4 aliphatic heterocycles. The van der Waals surface area contributed by atoms with Crippen LogP contribution in [0, 0.1) is 23.6 Å². The van der Waals surface area contributed by atoms with Crippen molar-refractivity contribution >= 4 is 58.4 Å². The summed E-state index contributed by atoms with van der Waals surface area (Å²) in [5.74, 6) is 0.498. The summed E-state index contributed by atoms with van der Waals surface area (Å²) in [7, 11) is 1.83. The number of rotatable bonds is 15. The molecular weight excluding hydrogens is 910 g/mol. The van der Waals surface area contributed by atoms with E-state index in [1.54, 1.807) is 29.9 Å². The number of esters is 1. The summed E-state index contributed by atoms with van der Waals surface area (Å²) in [5.41, 5.74) is 2.14. The number of imide groups is 1. The molecule has 71 heavy (non-hydrogen) atoms. The normalized spacial score (nSPS) is 25.1. The highest BCUT2D eigenvalue weighted by Gasteiger charge is 2.37. The molecule has 1 aromatic carbocycles. The number of ether oxygens (including phenoxy) is 1. The first kappa shape index (κ1) is 50.1. The van der Waals surface area contributed by atoms with Crippen LogP contribution in [0.1, 0.15) is 101 Å². The molecule has 6 heterocycles. The highest BCUT2D eigenvalue weighted by atomic mass is 19.1.